The number of benzene rings is 1. The lowest BCUT2D eigenvalue weighted by molar-refractivity contribution is -0.120. The Balaban J connectivity index is 1.66. The highest BCUT2D eigenvalue weighted by molar-refractivity contribution is 5.92. The molecule has 0 unspecified atom stereocenters. The smallest absolute Gasteiger partial charge is 0.319 e. The number of rotatable bonds is 5. The van der Waals surface area contributed by atoms with Gasteiger partial charge in [-0.2, -0.15) is 0 Å². The molecule has 6 nitrogen and oxygen atoms in total. The van der Waals surface area contributed by atoms with Crippen LogP contribution in [0.1, 0.15) is 5.76 Å². The molecule has 0 spiro atoms. The molecule has 1 aromatic carbocycles. The van der Waals surface area contributed by atoms with Crippen molar-refractivity contribution in [3.63, 3.8) is 0 Å². The van der Waals surface area contributed by atoms with E-state index in [0.717, 1.165) is 0 Å². The summed E-state index contributed by atoms with van der Waals surface area (Å²) in [7, 11) is 0. The summed E-state index contributed by atoms with van der Waals surface area (Å²) < 4.78 is 5.07. The Bertz CT molecular complexity index is 552. The molecule has 3 N–H and O–H groups in total. The van der Waals surface area contributed by atoms with E-state index < -0.39 is 6.03 Å². The summed E-state index contributed by atoms with van der Waals surface area (Å²) in [6.45, 7) is 0.202. The quantitative estimate of drug-likeness (QED) is 0.775. The van der Waals surface area contributed by atoms with Crippen molar-refractivity contribution < 1.29 is 14.0 Å². The summed E-state index contributed by atoms with van der Waals surface area (Å²) in [6.07, 6.45) is 1.53. The number of para-hydroxylation sites is 1. The average Bonchev–Trinajstić information content (AvgIpc) is 2.97. The van der Waals surface area contributed by atoms with Crippen LogP contribution in [-0.2, 0) is 11.3 Å². The highest BCUT2D eigenvalue weighted by Gasteiger charge is 2.05. The fourth-order valence-corrected chi connectivity index (χ4v) is 1.52. The molecule has 0 aliphatic carbocycles. The second-order valence-electron chi connectivity index (χ2n) is 4.03. The zero-order valence-corrected chi connectivity index (χ0v) is 10.8. The zero-order valence-electron chi connectivity index (χ0n) is 10.8. The number of anilines is 1. The van der Waals surface area contributed by atoms with Crippen molar-refractivity contribution in [3.8, 4) is 0 Å². The van der Waals surface area contributed by atoms with Gasteiger partial charge < -0.3 is 20.4 Å². The van der Waals surface area contributed by atoms with E-state index in [0.29, 0.717) is 18.0 Å². The van der Waals surface area contributed by atoms with Gasteiger partial charge in [0.1, 0.15) is 5.76 Å². The molecule has 0 fully saturated rings. The molecular formula is C14H15N3O3. The highest BCUT2D eigenvalue weighted by atomic mass is 16.3. The first-order valence-corrected chi connectivity index (χ1v) is 6.13. The van der Waals surface area contributed by atoms with Crippen LogP contribution >= 0.6 is 0 Å². The van der Waals surface area contributed by atoms with E-state index in [-0.39, 0.29) is 12.5 Å². The van der Waals surface area contributed by atoms with Crippen LogP contribution in [0.15, 0.2) is 53.1 Å². The number of nitrogens with one attached hydrogen (secondary N) is 3. The summed E-state index contributed by atoms with van der Waals surface area (Å²) >= 11 is 0. The second-order valence-corrected chi connectivity index (χ2v) is 4.03. The van der Waals surface area contributed by atoms with Gasteiger partial charge in [-0.25, -0.2) is 4.79 Å². The zero-order chi connectivity index (χ0) is 14.2. The van der Waals surface area contributed by atoms with Gasteiger partial charge in [0, 0.05) is 5.69 Å². The van der Waals surface area contributed by atoms with Crippen molar-refractivity contribution in [3.05, 3.63) is 54.5 Å². The Hall–Kier alpha value is -2.76. The number of carbonyl (C=O) groups is 2. The SMILES string of the molecule is O=C(CNC(=O)Nc1ccccc1)NCc1ccco1. The monoisotopic (exact) mass is 273 g/mol. The fourth-order valence-electron chi connectivity index (χ4n) is 1.52. The lowest BCUT2D eigenvalue weighted by atomic mass is 10.3. The third-order valence-corrected chi connectivity index (χ3v) is 2.48. The average molecular weight is 273 g/mol. The van der Waals surface area contributed by atoms with E-state index in [2.05, 4.69) is 16.0 Å². The Morgan fingerprint density at radius 2 is 1.80 bits per heavy atom. The molecule has 0 saturated heterocycles. The molecule has 0 aliphatic heterocycles. The van der Waals surface area contributed by atoms with Crippen LogP contribution in [0.25, 0.3) is 0 Å². The Kier molecular flexibility index (Phi) is 4.77. The predicted octanol–water partition coefficient (Wildman–Crippen LogP) is 1.72. The molecule has 20 heavy (non-hydrogen) atoms. The van der Waals surface area contributed by atoms with Gasteiger partial charge in [-0.05, 0) is 24.3 Å². The lowest BCUT2D eigenvalue weighted by Gasteiger charge is -2.07. The summed E-state index contributed by atoms with van der Waals surface area (Å²) in [6, 6.07) is 12.1. The summed E-state index contributed by atoms with van der Waals surface area (Å²) in [5.74, 6) is 0.372. The van der Waals surface area contributed by atoms with E-state index >= 15 is 0 Å². The van der Waals surface area contributed by atoms with Gasteiger partial charge in [-0.15, -0.1) is 0 Å². The predicted molar refractivity (Wildman–Crippen MR) is 74.0 cm³/mol. The molecule has 6 heteroatoms. The minimum absolute atomic E-state index is 0.0978. The maximum absolute atomic E-state index is 11.5. The van der Waals surface area contributed by atoms with Gasteiger partial charge in [-0.1, -0.05) is 18.2 Å². The van der Waals surface area contributed by atoms with Crippen molar-refractivity contribution in [1.82, 2.24) is 10.6 Å². The third-order valence-electron chi connectivity index (χ3n) is 2.48. The lowest BCUT2D eigenvalue weighted by Crippen LogP contribution is -2.38. The van der Waals surface area contributed by atoms with Crippen LogP contribution in [-0.4, -0.2) is 18.5 Å². The number of hydrogen-bond donors (Lipinski definition) is 3. The summed E-state index contributed by atoms with van der Waals surface area (Å²) in [4.78, 5) is 23.0. The van der Waals surface area contributed by atoms with Gasteiger partial charge in [0.2, 0.25) is 5.91 Å². The van der Waals surface area contributed by atoms with Gasteiger partial charge in [0.25, 0.3) is 0 Å². The first-order valence-electron chi connectivity index (χ1n) is 6.13. The number of urea groups is 1. The van der Waals surface area contributed by atoms with E-state index in [9.17, 15) is 9.59 Å². The molecule has 1 aromatic heterocycles. The number of carbonyl (C=O) groups excluding carboxylic acids is 2. The Labute approximate surface area is 116 Å². The first kappa shape index (κ1) is 13.7. The minimum Gasteiger partial charge on any atom is -0.467 e. The first-order chi connectivity index (χ1) is 9.74. The molecule has 0 radical (unpaired) electrons. The number of furan rings is 1. The number of amides is 3. The van der Waals surface area contributed by atoms with E-state index in [1.165, 1.54) is 6.26 Å². The molecule has 2 rings (SSSR count). The fraction of sp³-hybridized carbons (Fsp3) is 0.143. The summed E-state index contributed by atoms with van der Waals surface area (Å²) in [5.41, 5.74) is 0.668. The maximum atomic E-state index is 11.5. The van der Waals surface area contributed by atoms with Crippen molar-refractivity contribution in [2.45, 2.75) is 6.54 Å². The third kappa shape index (κ3) is 4.49. The minimum atomic E-state index is -0.427. The highest BCUT2D eigenvalue weighted by Crippen LogP contribution is 2.03. The molecule has 0 atom stereocenters. The van der Waals surface area contributed by atoms with Crippen molar-refractivity contribution >= 4 is 17.6 Å². The Morgan fingerprint density at radius 1 is 1.00 bits per heavy atom. The van der Waals surface area contributed by atoms with Crippen molar-refractivity contribution in [2.75, 3.05) is 11.9 Å². The van der Waals surface area contributed by atoms with E-state index in [4.69, 9.17) is 4.42 Å². The number of hydrogen-bond acceptors (Lipinski definition) is 3. The van der Waals surface area contributed by atoms with Crippen LogP contribution in [0.5, 0.6) is 0 Å². The molecule has 0 saturated carbocycles. The second kappa shape index (κ2) is 6.98. The van der Waals surface area contributed by atoms with Crippen molar-refractivity contribution in [2.24, 2.45) is 0 Å². The standard InChI is InChI=1S/C14H15N3O3/c18-13(15-9-12-7-4-8-20-12)10-16-14(19)17-11-5-2-1-3-6-11/h1-8H,9-10H2,(H,15,18)(H2,16,17,19). The van der Waals surface area contributed by atoms with Crippen LogP contribution < -0.4 is 16.0 Å². The van der Waals surface area contributed by atoms with E-state index in [1.807, 2.05) is 18.2 Å². The van der Waals surface area contributed by atoms with Gasteiger partial charge in [-0.3, -0.25) is 4.79 Å². The molecule has 3 amide bonds. The Morgan fingerprint density at radius 3 is 2.50 bits per heavy atom. The summed E-state index contributed by atoms with van der Waals surface area (Å²) in [5, 5.41) is 7.72. The topological polar surface area (TPSA) is 83.4 Å². The molecule has 0 aliphatic rings. The normalized spacial score (nSPS) is 9.80. The maximum Gasteiger partial charge on any atom is 0.319 e. The molecule has 2 aromatic rings. The molecule has 0 bridgehead atoms. The van der Waals surface area contributed by atoms with Crippen LogP contribution in [0.4, 0.5) is 10.5 Å². The molecular weight excluding hydrogens is 258 g/mol. The van der Waals surface area contributed by atoms with Crippen molar-refractivity contribution in [1.29, 1.82) is 0 Å². The van der Waals surface area contributed by atoms with E-state index in [1.54, 1.807) is 24.3 Å². The molecule has 1 heterocycles. The van der Waals surface area contributed by atoms with Gasteiger partial charge in [0.15, 0.2) is 0 Å². The van der Waals surface area contributed by atoms with Crippen LogP contribution in [0.3, 0.4) is 0 Å². The van der Waals surface area contributed by atoms with Gasteiger partial charge >= 0.3 is 6.03 Å². The van der Waals surface area contributed by atoms with Crippen LogP contribution in [0.2, 0.25) is 0 Å². The largest absolute Gasteiger partial charge is 0.467 e. The van der Waals surface area contributed by atoms with Crippen LogP contribution in [0, 0.1) is 0 Å². The van der Waals surface area contributed by atoms with Gasteiger partial charge in [0.05, 0.1) is 19.4 Å². The molecule has 104 valence electrons.